The van der Waals surface area contributed by atoms with Crippen molar-refractivity contribution in [3.8, 4) is 11.5 Å². The van der Waals surface area contributed by atoms with E-state index in [4.69, 9.17) is 0 Å². The third-order valence-corrected chi connectivity index (χ3v) is 2.52. The molecule has 0 radical (unpaired) electrons. The molecule has 0 N–H and O–H groups in total. The summed E-state index contributed by atoms with van der Waals surface area (Å²) in [6.07, 6.45) is 9.35. The number of rotatable bonds is 4. The molecule has 0 nitrogen and oxygen atoms in total. The minimum atomic E-state index is -1.14. The van der Waals surface area contributed by atoms with Gasteiger partial charge in [-0.1, -0.05) is 51.4 Å². The maximum absolute atomic E-state index is 3.31. The number of allylic oxidation sites excluding steroid dienone is 2. The van der Waals surface area contributed by atoms with E-state index in [-0.39, 0.29) is 0 Å². The fourth-order valence-electron chi connectivity index (χ4n) is 0.913. The Balaban J connectivity index is 3.55. The van der Waals surface area contributed by atoms with E-state index in [1.807, 2.05) is 6.08 Å². The van der Waals surface area contributed by atoms with Crippen LogP contribution in [0.2, 0.25) is 19.6 Å². The van der Waals surface area contributed by atoms with Gasteiger partial charge in [0.1, 0.15) is 8.07 Å². The number of hydrogen-bond donors (Lipinski definition) is 0. The average Bonchev–Trinajstić information content (AvgIpc) is 2.01. The first-order valence-electron chi connectivity index (χ1n) is 5.24. The molecule has 0 aromatic heterocycles. The molecule has 0 aliphatic heterocycles. The van der Waals surface area contributed by atoms with Gasteiger partial charge in [0.2, 0.25) is 0 Å². The van der Waals surface area contributed by atoms with Gasteiger partial charge in [0.15, 0.2) is 0 Å². The first kappa shape index (κ1) is 12.5. The molecule has 0 aromatic carbocycles. The molecule has 0 unspecified atom stereocenters. The molecule has 0 amide bonds. The molecule has 0 bridgehead atoms. The Bertz CT molecular complexity index is 197. The van der Waals surface area contributed by atoms with Gasteiger partial charge >= 0.3 is 0 Å². The highest BCUT2D eigenvalue weighted by atomic mass is 28.3. The largest absolute Gasteiger partial charge is 0.129 e. The molecule has 74 valence electrons. The molecule has 0 heterocycles. The normalized spacial score (nSPS) is 11.4. The summed E-state index contributed by atoms with van der Waals surface area (Å²) in [6.45, 7) is 9.04. The molecule has 0 fully saturated rings. The molecule has 0 saturated heterocycles. The van der Waals surface area contributed by atoms with Gasteiger partial charge in [-0.2, -0.15) is 0 Å². The Morgan fingerprint density at radius 1 is 1.15 bits per heavy atom. The Kier molecular flexibility index (Phi) is 6.71. The highest BCUT2D eigenvalue weighted by Gasteiger charge is 2.06. The van der Waals surface area contributed by atoms with Crippen LogP contribution >= 0.6 is 0 Å². The van der Waals surface area contributed by atoms with Crippen LogP contribution in [0.3, 0.4) is 0 Å². The molecular weight excluding hydrogens is 172 g/mol. The van der Waals surface area contributed by atoms with Crippen LogP contribution in [-0.4, -0.2) is 8.07 Å². The van der Waals surface area contributed by atoms with E-state index < -0.39 is 8.07 Å². The molecule has 0 spiro atoms. The van der Waals surface area contributed by atoms with Crippen molar-refractivity contribution in [2.75, 3.05) is 0 Å². The maximum Gasteiger partial charge on any atom is 0.129 e. The zero-order valence-corrected chi connectivity index (χ0v) is 10.5. The molecule has 1 heteroatoms. The summed E-state index contributed by atoms with van der Waals surface area (Å²) in [5.41, 5.74) is 3.31. The quantitative estimate of drug-likeness (QED) is 0.360. The van der Waals surface area contributed by atoms with E-state index in [0.717, 1.165) is 0 Å². The Morgan fingerprint density at radius 2 is 1.85 bits per heavy atom. The summed E-state index contributed by atoms with van der Waals surface area (Å²) >= 11 is 0. The Labute approximate surface area is 84.4 Å². The summed E-state index contributed by atoms with van der Waals surface area (Å²) in [5.74, 6) is 3.13. The van der Waals surface area contributed by atoms with Crippen LogP contribution in [0.15, 0.2) is 12.2 Å². The lowest BCUT2D eigenvalue weighted by atomic mass is 10.2. The molecule has 0 aliphatic carbocycles. The summed E-state index contributed by atoms with van der Waals surface area (Å²) in [4.78, 5) is 0. The standard InChI is InChI=1S/C12H22Si/c1-5-6-7-8-9-10-11-12-13(2,3)4/h9-10H,5-8H2,1-4H3/b10-9+. The molecular formula is C12H22Si. The first-order chi connectivity index (χ1) is 6.06. The Morgan fingerprint density at radius 3 is 2.38 bits per heavy atom. The third kappa shape index (κ3) is 11.5. The second-order valence-corrected chi connectivity index (χ2v) is 9.17. The second kappa shape index (κ2) is 6.97. The van der Waals surface area contributed by atoms with Crippen LogP contribution in [0.25, 0.3) is 0 Å². The second-order valence-electron chi connectivity index (χ2n) is 4.42. The highest BCUT2D eigenvalue weighted by molar-refractivity contribution is 6.83. The lowest BCUT2D eigenvalue weighted by molar-refractivity contribution is 0.729. The van der Waals surface area contributed by atoms with Crippen molar-refractivity contribution in [3.63, 3.8) is 0 Å². The molecule has 0 rings (SSSR count). The van der Waals surface area contributed by atoms with Gasteiger partial charge in [0.05, 0.1) is 0 Å². The third-order valence-electron chi connectivity index (χ3n) is 1.62. The van der Waals surface area contributed by atoms with Crippen LogP contribution in [0.5, 0.6) is 0 Å². The smallest absolute Gasteiger partial charge is 0.127 e. The molecule has 0 aliphatic rings. The van der Waals surface area contributed by atoms with Crippen LogP contribution in [0.4, 0.5) is 0 Å². The van der Waals surface area contributed by atoms with Gasteiger partial charge in [-0.15, -0.1) is 5.54 Å². The van der Waals surface area contributed by atoms with Crippen molar-refractivity contribution in [1.29, 1.82) is 0 Å². The summed E-state index contributed by atoms with van der Waals surface area (Å²) in [5, 5.41) is 0. The van der Waals surface area contributed by atoms with Crippen molar-refractivity contribution < 1.29 is 0 Å². The van der Waals surface area contributed by atoms with Crippen LogP contribution < -0.4 is 0 Å². The van der Waals surface area contributed by atoms with Crippen molar-refractivity contribution in [2.45, 2.75) is 52.2 Å². The van der Waals surface area contributed by atoms with Crippen LogP contribution in [0, 0.1) is 11.5 Å². The van der Waals surface area contributed by atoms with E-state index >= 15 is 0 Å². The average molecular weight is 194 g/mol. The van der Waals surface area contributed by atoms with Crippen LogP contribution in [0.1, 0.15) is 32.6 Å². The molecule has 13 heavy (non-hydrogen) atoms. The van der Waals surface area contributed by atoms with Crippen LogP contribution in [-0.2, 0) is 0 Å². The molecule has 0 atom stereocenters. The minimum Gasteiger partial charge on any atom is -0.127 e. The van der Waals surface area contributed by atoms with Crippen molar-refractivity contribution in [2.24, 2.45) is 0 Å². The summed E-state index contributed by atoms with van der Waals surface area (Å²) in [7, 11) is -1.14. The zero-order valence-electron chi connectivity index (χ0n) is 9.48. The van der Waals surface area contributed by atoms with E-state index in [2.05, 4.69) is 44.1 Å². The fraction of sp³-hybridized carbons (Fsp3) is 0.667. The first-order valence-corrected chi connectivity index (χ1v) is 8.74. The highest BCUT2D eigenvalue weighted by Crippen LogP contribution is 1.99. The topological polar surface area (TPSA) is 0 Å². The SMILES string of the molecule is CCCCC/C=C/C#C[Si](C)(C)C. The van der Waals surface area contributed by atoms with Crippen molar-refractivity contribution >= 4 is 8.07 Å². The lowest BCUT2D eigenvalue weighted by Crippen LogP contribution is -2.16. The number of unbranched alkanes of at least 4 members (excludes halogenated alkanes) is 3. The van der Waals surface area contributed by atoms with Gasteiger partial charge in [-0.3, -0.25) is 0 Å². The van der Waals surface area contributed by atoms with Gasteiger partial charge in [0.25, 0.3) is 0 Å². The van der Waals surface area contributed by atoms with Gasteiger partial charge in [-0.25, -0.2) is 0 Å². The van der Waals surface area contributed by atoms with Crippen molar-refractivity contribution in [3.05, 3.63) is 12.2 Å². The van der Waals surface area contributed by atoms with Gasteiger partial charge in [0, 0.05) is 0 Å². The lowest BCUT2D eigenvalue weighted by Gasteiger charge is -2.02. The maximum atomic E-state index is 3.31. The van der Waals surface area contributed by atoms with E-state index in [0.29, 0.717) is 0 Å². The fourth-order valence-corrected chi connectivity index (χ4v) is 1.43. The van der Waals surface area contributed by atoms with E-state index in [1.165, 1.54) is 25.7 Å². The summed E-state index contributed by atoms with van der Waals surface area (Å²) in [6, 6.07) is 0. The predicted octanol–water partition coefficient (Wildman–Crippen LogP) is 4.00. The van der Waals surface area contributed by atoms with E-state index in [1.54, 1.807) is 0 Å². The van der Waals surface area contributed by atoms with Crippen molar-refractivity contribution in [1.82, 2.24) is 0 Å². The van der Waals surface area contributed by atoms with E-state index in [9.17, 15) is 0 Å². The monoisotopic (exact) mass is 194 g/mol. The molecule has 0 aromatic rings. The minimum absolute atomic E-state index is 1.14. The van der Waals surface area contributed by atoms with Gasteiger partial charge < -0.3 is 0 Å². The zero-order chi connectivity index (χ0) is 10.2. The number of hydrogen-bond acceptors (Lipinski definition) is 0. The predicted molar refractivity (Wildman–Crippen MR) is 64.4 cm³/mol. The Hall–Kier alpha value is -0.483. The molecule has 0 saturated carbocycles. The summed E-state index contributed by atoms with van der Waals surface area (Å²) < 4.78 is 0. The van der Waals surface area contributed by atoms with Gasteiger partial charge in [-0.05, 0) is 18.9 Å².